The van der Waals surface area contributed by atoms with E-state index in [1.165, 1.54) is 85.8 Å². The monoisotopic (exact) mass is 694 g/mol. The van der Waals surface area contributed by atoms with Crippen molar-refractivity contribution in [1.82, 2.24) is 0 Å². The Morgan fingerprint density at radius 2 is 0.895 bits per heavy atom. The van der Waals surface area contributed by atoms with Gasteiger partial charge in [-0.15, -0.1) is 81.2 Å². The van der Waals surface area contributed by atoms with E-state index in [-0.39, 0.29) is 40.7 Å². The molecule has 0 saturated heterocycles. The van der Waals surface area contributed by atoms with E-state index in [1.807, 2.05) is 0 Å². The molecule has 0 bridgehead atoms. The van der Waals surface area contributed by atoms with Crippen LogP contribution in [0.25, 0.3) is 21.5 Å². The van der Waals surface area contributed by atoms with Gasteiger partial charge in [-0.05, 0) is 12.8 Å². The number of fused-ring (bicyclic) bond motifs is 2. The number of hydrogen-bond donors (Lipinski definition) is 0. The summed E-state index contributed by atoms with van der Waals surface area (Å²) in [6.45, 7) is 13.4. The topological polar surface area (TPSA) is 0 Å². The van der Waals surface area contributed by atoms with Crippen LogP contribution in [0.1, 0.15) is 88.5 Å². The molecule has 206 valence electrons. The van der Waals surface area contributed by atoms with Crippen molar-refractivity contribution in [2.75, 3.05) is 0 Å². The summed E-state index contributed by atoms with van der Waals surface area (Å²) in [7, 11) is 1.08. The van der Waals surface area contributed by atoms with Crippen molar-refractivity contribution in [3.63, 3.8) is 0 Å². The third-order valence-electron chi connectivity index (χ3n) is 6.61. The van der Waals surface area contributed by atoms with Crippen molar-refractivity contribution in [2.24, 2.45) is 0 Å². The molecule has 38 heavy (non-hydrogen) atoms. The number of rotatable bonds is 10. The van der Waals surface area contributed by atoms with Gasteiger partial charge in [0.2, 0.25) is 0 Å². The first-order valence-corrected chi connectivity index (χ1v) is 16.1. The molecule has 4 aromatic rings. The van der Waals surface area contributed by atoms with E-state index in [0.717, 1.165) is 9.52 Å². The molecule has 0 saturated carbocycles. The van der Waals surface area contributed by atoms with Crippen LogP contribution in [0.4, 0.5) is 0 Å². The van der Waals surface area contributed by atoms with Gasteiger partial charge in [-0.2, -0.15) is 11.1 Å². The van der Waals surface area contributed by atoms with E-state index in [9.17, 15) is 0 Å². The first kappa shape index (κ1) is 38.9. The molecule has 0 nitrogen and oxygen atoms in total. The predicted octanol–water partition coefficient (Wildman–Crippen LogP) is 11.4. The maximum atomic E-state index is 2.39. The SMILES string of the molecule is CCCCc1c(CCC)[cH-]c2ccccc12.CCCCc1c(CCC)[cH-]c2ccccc12.C[Si]C.[CH3-].[CH3-].[Hf+4]. The fraction of sp³-hybridized carbons (Fsp3) is 0.444. The molecule has 0 N–H and O–H groups in total. The molecule has 0 fully saturated rings. The van der Waals surface area contributed by atoms with Gasteiger partial charge in [0.1, 0.15) is 0 Å². The average Bonchev–Trinajstić information content (AvgIpc) is 3.40. The van der Waals surface area contributed by atoms with Gasteiger partial charge < -0.3 is 14.9 Å². The van der Waals surface area contributed by atoms with Crippen LogP contribution in [0.2, 0.25) is 13.1 Å². The van der Waals surface area contributed by atoms with Crippen molar-refractivity contribution < 1.29 is 25.8 Å². The Morgan fingerprint density at radius 1 is 0.553 bits per heavy atom. The Hall–Kier alpha value is -1.25. The molecule has 4 rings (SSSR count). The molecule has 0 aliphatic heterocycles. The predicted molar refractivity (Wildman–Crippen MR) is 175 cm³/mol. The largest absolute Gasteiger partial charge is 4.00 e. The van der Waals surface area contributed by atoms with Crippen molar-refractivity contribution >= 4 is 31.1 Å². The standard InChI is InChI=1S/2C16H21.C2H6Si.2CH3.Hf/c2*1-3-5-10-15-13(8-4-2)12-14-9-6-7-11-16(14)15;1-3-2;;;/h2*6-7,9,11-12H,3-5,8,10H2,1-2H3;1-2H3;2*1H3;/q2*-1;;2*-1;+4. The van der Waals surface area contributed by atoms with Gasteiger partial charge in [-0.3, -0.25) is 0 Å². The normalized spacial score (nSPS) is 9.84. The van der Waals surface area contributed by atoms with Crippen molar-refractivity contribution in [1.29, 1.82) is 0 Å². The minimum Gasteiger partial charge on any atom is -0.358 e. The Morgan fingerprint density at radius 3 is 1.21 bits per heavy atom. The minimum atomic E-state index is 0. The third kappa shape index (κ3) is 11.5. The number of unbranched alkanes of at least 4 members (excludes halogenated alkanes) is 2. The Bertz CT molecular complexity index is 1010. The second-order valence-electron chi connectivity index (χ2n) is 9.68. The zero-order valence-corrected chi connectivity index (χ0v) is 30.4. The first-order chi connectivity index (χ1) is 17.1. The number of hydrogen-bond acceptors (Lipinski definition) is 0. The van der Waals surface area contributed by atoms with Crippen LogP contribution < -0.4 is 0 Å². The quantitative estimate of drug-likeness (QED) is 0.115. The summed E-state index contributed by atoms with van der Waals surface area (Å²) in [5.41, 5.74) is 6.38. The Kier molecular flexibility index (Phi) is 23.1. The maximum Gasteiger partial charge on any atom is 4.00 e. The molecule has 4 aromatic carbocycles. The van der Waals surface area contributed by atoms with E-state index in [1.54, 1.807) is 22.3 Å². The van der Waals surface area contributed by atoms with E-state index in [4.69, 9.17) is 0 Å². The summed E-state index contributed by atoms with van der Waals surface area (Å²) in [5.74, 6) is 0. The van der Waals surface area contributed by atoms with E-state index in [0.29, 0.717) is 0 Å². The van der Waals surface area contributed by atoms with Crippen LogP contribution in [0, 0.1) is 14.9 Å². The fourth-order valence-corrected chi connectivity index (χ4v) is 4.97. The molecule has 0 aliphatic carbocycles. The molecule has 0 heterocycles. The summed E-state index contributed by atoms with van der Waals surface area (Å²) in [6, 6.07) is 22.4. The van der Waals surface area contributed by atoms with Crippen LogP contribution in [0.5, 0.6) is 0 Å². The summed E-state index contributed by atoms with van der Waals surface area (Å²) >= 11 is 0. The Balaban J connectivity index is 0. The number of aryl methyl sites for hydroxylation is 4. The molecule has 0 atom stereocenters. The molecule has 2 heteroatoms. The van der Waals surface area contributed by atoms with Gasteiger partial charge in [0.25, 0.3) is 0 Å². The molecular formula is C36H54HfSi. The third-order valence-corrected chi connectivity index (χ3v) is 6.61. The summed E-state index contributed by atoms with van der Waals surface area (Å²) in [5, 5.41) is 5.83. The minimum absolute atomic E-state index is 0. The molecule has 0 aliphatic rings. The van der Waals surface area contributed by atoms with Crippen LogP contribution in [0.3, 0.4) is 0 Å². The number of benzene rings is 2. The summed E-state index contributed by atoms with van der Waals surface area (Å²) in [4.78, 5) is 0. The molecule has 0 spiro atoms. The van der Waals surface area contributed by atoms with Gasteiger partial charge >= 0.3 is 25.8 Å². The van der Waals surface area contributed by atoms with Gasteiger partial charge in [-0.1, -0.05) is 104 Å². The van der Waals surface area contributed by atoms with Gasteiger partial charge in [0.15, 0.2) is 0 Å². The molecular weight excluding hydrogens is 639 g/mol. The van der Waals surface area contributed by atoms with Crippen LogP contribution in [-0.2, 0) is 51.5 Å². The molecule has 0 aromatic heterocycles. The second kappa shape index (κ2) is 22.6. The van der Waals surface area contributed by atoms with Gasteiger partial charge in [0, 0.05) is 9.52 Å². The molecule has 0 amide bonds. The Labute approximate surface area is 258 Å². The van der Waals surface area contributed by atoms with Crippen LogP contribution in [-0.4, -0.2) is 9.52 Å². The van der Waals surface area contributed by atoms with Crippen molar-refractivity contribution in [3.8, 4) is 0 Å². The van der Waals surface area contributed by atoms with Crippen LogP contribution >= 0.6 is 0 Å². The molecule has 2 radical (unpaired) electrons. The van der Waals surface area contributed by atoms with Gasteiger partial charge in [0.05, 0.1) is 0 Å². The molecule has 0 unspecified atom stereocenters. The maximum absolute atomic E-state index is 2.39. The van der Waals surface area contributed by atoms with Crippen LogP contribution in [0.15, 0.2) is 60.7 Å². The average molecular weight is 693 g/mol. The second-order valence-corrected chi connectivity index (χ2v) is 10.7. The summed E-state index contributed by atoms with van der Waals surface area (Å²) < 4.78 is 0. The zero-order valence-electron chi connectivity index (χ0n) is 25.8. The van der Waals surface area contributed by atoms with E-state index >= 15 is 0 Å². The van der Waals surface area contributed by atoms with Crippen molar-refractivity contribution in [3.05, 3.63) is 97.8 Å². The smallest absolute Gasteiger partial charge is 0.358 e. The van der Waals surface area contributed by atoms with Crippen molar-refractivity contribution in [2.45, 2.75) is 105 Å². The van der Waals surface area contributed by atoms with E-state index in [2.05, 4.69) is 101 Å². The van der Waals surface area contributed by atoms with Gasteiger partial charge in [-0.25, -0.2) is 0 Å². The fourth-order valence-electron chi connectivity index (χ4n) is 4.97. The summed E-state index contributed by atoms with van der Waals surface area (Å²) in [6.07, 6.45) is 12.6. The van der Waals surface area contributed by atoms with E-state index < -0.39 is 0 Å². The first-order valence-electron chi connectivity index (χ1n) is 14.1. The zero-order chi connectivity index (χ0) is 25.5.